The Hall–Kier alpha value is -0.160. The molecule has 0 aromatic heterocycles. The molecule has 0 aliphatic carbocycles. The van der Waals surface area contributed by atoms with E-state index in [-0.39, 0.29) is 0 Å². The number of rotatable bonds is 16. The number of hydrogen-bond donors (Lipinski definition) is 0. The molecule has 2 aliphatic rings. The second kappa shape index (κ2) is 11.4. The van der Waals surface area contributed by atoms with E-state index in [1.165, 1.54) is 51.4 Å². The van der Waals surface area contributed by atoms with Gasteiger partial charge < -0.3 is 18.9 Å². The highest BCUT2D eigenvalue weighted by molar-refractivity contribution is 4.67. The fourth-order valence-corrected chi connectivity index (χ4v) is 2.65. The van der Waals surface area contributed by atoms with Crippen molar-refractivity contribution in [2.75, 3.05) is 39.6 Å². The van der Waals surface area contributed by atoms with Crippen LogP contribution in [-0.4, -0.2) is 51.8 Å². The van der Waals surface area contributed by atoms with Crippen molar-refractivity contribution < 1.29 is 18.9 Å². The van der Waals surface area contributed by atoms with Crippen molar-refractivity contribution in [1.82, 2.24) is 0 Å². The van der Waals surface area contributed by atoms with Crippen LogP contribution in [0.25, 0.3) is 0 Å². The Balaban J connectivity index is 1.24. The minimum Gasteiger partial charge on any atom is -0.379 e. The lowest BCUT2D eigenvalue weighted by Crippen LogP contribution is -2.03. The van der Waals surface area contributed by atoms with E-state index < -0.39 is 0 Å². The van der Waals surface area contributed by atoms with E-state index >= 15 is 0 Å². The summed E-state index contributed by atoms with van der Waals surface area (Å²) in [6.45, 7) is 7.60. The number of unbranched alkanes of at least 4 members (excludes halogenated alkanes) is 4. The van der Waals surface area contributed by atoms with E-state index in [1.54, 1.807) is 0 Å². The van der Waals surface area contributed by atoms with Gasteiger partial charge in [0.15, 0.2) is 0 Å². The van der Waals surface area contributed by atoms with Gasteiger partial charge in [0.1, 0.15) is 12.2 Å². The molecule has 0 saturated carbocycles. The lowest BCUT2D eigenvalue weighted by molar-refractivity contribution is 0.112. The first-order chi connectivity index (χ1) is 10.8. The summed E-state index contributed by atoms with van der Waals surface area (Å²) in [6.07, 6.45) is 11.2. The summed E-state index contributed by atoms with van der Waals surface area (Å²) in [5, 5.41) is 0. The maximum atomic E-state index is 5.55. The lowest BCUT2D eigenvalue weighted by atomic mass is 9.97. The zero-order valence-electron chi connectivity index (χ0n) is 14.3. The largest absolute Gasteiger partial charge is 0.379 e. The average molecular weight is 314 g/mol. The standard InChI is InChI=1S/C18H34O4/c1-16(8-4-2-6-10-19-12-17-14-21-17)9-5-3-7-11-20-13-18-15-22-18/h16-18H,2-15H2,1H3. The number of hydrogen-bond acceptors (Lipinski definition) is 4. The van der Waals surface area contributed by atoms with Crippen LogP contribution < -0.4 is 0 Å². The molecular weight excluding hydrogens is 280 g/mol. The van der Waals surface area contributed by atoms with E-state index in [0.717, 1.165) is 45.6 Å². The van der Waals surface area contributed by atoms with E-state index in [9.17, 15) is 0 Å². The van der Waals surface area contributed by atoms with Crippen LogP contribution in [0.15, 0.2) is 0 Å². The molecule has 0 radical (unpaired) electrons. The molecule has 0 aromatic carbocycles. The van der Waals surface area contributed by atoms with Crippen molar-refractivity contribution in [2.45, 2.75) is 70.5 Å². The molecule has 0 aromatic rings. The molecule has 2 unspecified atom stereocenters. The first-order valence-electron chi connectivity index (χ1n) is 9.23. The Morgan fingerprint density at radius 3 is 1.64 bits per heavy atom. The zero-order valence-corrected chi connectivity index (χ0v) is 14.3. The quantitative estimate of drug-likeness (QED) is 0.323. The summed E-state index contributed by atoms with van der Waals surface area (Å²) in [5.41, 5.74) is 0. The van der Waals surface area contributed by atoms with Crippen LogP contribution in [0.5, 0.6) is 0 Å². The third-order valence-corrected chi connectivity index (χ3v) is 4.38. The Morgan fingerprint density at radius 1 is 0.773 bits per heavy atom. The number of epoxide rings is 2. The predicted octanol–water partition coefficient (Wildman–Crippen LogP) is 3.57. The molecule has 4 nitrogen and oxygen atoms in total. The van der Waals surface area contributed by atoms with Crippen molar-refractivity contribution >= 4 is 0 Å². The molecule has 4 heteroatoms. The van der Waals surface area contributed by atoms with Crippen LogP contribution in [0.4, 0.5) is 0 Å². The van der Waals surface area contributed by atoms with E-state index in [4.69, 9.17) is 18.9 Å². The van der Waals surface area contributed by atoms with Gasteiger partial charge in [-0.2, -0.15) is 0 Å². The smallest absolute Gasteiger partial charge is 0.104 e. The summed E-state index contributed by atoms with van der Waals surface area (Å²) >= 11 is 0. The van der Waals surface area contributed by atoms with Crippen LogP contribution >= 0.6 is 0 Å². The molecule has 0 spiro atoms. The van der Waals surface area contributed by atoms with Crippen molar-refractivity contribution in [2.24, 2.45) is 5.92 Å². The first-order valence-corrected chi connectivity index (χ1v) is 9.23. The number of ether oxygens (including phenoxy) is 4. The molecule has 2 heterocycles. The van der Waals surface area contributed by atoms with Crippen LogP contribution in [0.3, 0.4) is 0 Å². The minimum atomic E-state index is 0.410. The summed E-state index contributed by atoms with van der Waals surface area (Å²) < 4.78 is 21.3. The predicted molar refractivity (Wildman–Crippen MR) is 87.2 cm³/mol. The van der Waals surface area contributed by atoms with Gasteiger partial charge in [-0.25, -0.2) is 0 Å². The van der Waals surface area contributed by atoms with E-state index in [0.29, 0.717) is 12.2 Å². The van der Waals surface area contributed by atoms with Crippen molar-refractivity contribution in [3.8, 4) is 0 Å². The van der Waals surface area contributed by atoms with E-state index in [1.807, 2.05) is 0 Å². The van der Waals surface area contributed by atoms with Crippen LogP contribution in [0.1, 0.15) is 58.3 Å². The van der Waals surface area contributed by atoms with Gasteiger partial charge in [0, 0.05) is 13.2 Å². The zero-order chi connectivity index (χ0) is 15.5. The van der Waals surface area contributed by atoms with Crippen LogP contribution in [-0.2, 0) is 18.9 Å². The molecule has 2 atom stereocenters. The first kappa shape index (κ1) is 18.2. The van der Waals surface area contributed by atoms with Gasteiger partial charge in [-0.15, -0.1) is 0 Å². The molecule has 2 rings (SSSR count). The Kier molecular flexibility index (Phi) is 9.41. The maximum absolute atomic E-state index is 5.55. The average Bonchev–Trinajstić information content (AvgIpc) is 3.39. The van der Waals surface area contributed by atoms with Crippen LogP contribution in [0.2, 0.25) is 0 Å². The normalized spacial score (nSPS) is 24.4. The van der Waals surface area contributed by atoms with Gasteiger partial charge in [-0.1, -0.05) is 45.4 Å². The SMILES string of the molecule is CC(CCCCCOCC1CO1)CCCCCOCC1CO1. The molecule has 22 heavy (non-hydrogen) atoms. The highest BCUT2D eigenvalue weighted by atomic mass is 16.6. The van der Waals surface area contributed by atoms with Crippen LogP contribution in [0, 0.1) is 5.92 Å². The Labute approximate surface area is 135 Å². The van der Waals surface area contributed by atoms with Crippen molar-refractivity contribution in [3.05, 3.63) is 0 Å². The molecular formula is C18H34O4. The second-order valence-electron chi connectivity index (χ2n) is 6.86. The van der Waals surface area contributed by atoms with Gasteiger partial charge in [0.25, 0.3) is 0 Å². The highest BCUT2D eigenvalue weighted by Crippen LogP contribution is 2.17. The minimum absolute atomic E-state index is 0.410. The van der Waals surface area contributed by atoms with Crippen molar-refractivity contribution in [1.29, 1.82) is 0 Å². The van der Waals surface area contributed by atoms with E-state index in [2.05, 4.69) is 6.92 Å². The van der Waals surface area contributed by atoms with Gasteiger partial charge in [0.05, 0.1) is 26.4 Å². The topological polar surface area (TPSA) is 43.5 Å². The summed E-state index contributed by atoms with van der Waals surface area (Å²) in [6, 6.07) is 0. The fourth-order valence-electron chi connectivity index (χ4n) is 2.65. The van der Waals surface area contributed by atoms with Gasteiger partial charge >= 0.3 is 0 Å². The van der Waals surface area contributed by atoms with Gasteiger partial charge in [0.2, 0.25) is 0 Å². The van der Waals surface area contributed by atoms with Gasteiger partial charge in [-0.3, -0.25) is 0 Å². The third-order valence-electron chi connectivity index (χ3n) is 4.38. The summed E-state index contributed by atoms with van der Waals surface area (Å²) in [7, 11) is 0. The second-order valence-corrected chi connectivity index (χ2v) is 6.86. The summed E-state index contributed by atoms with van der Waals surface area (Å²) in [5.74, 6) is 0.863. The lowest BCUT2D eigenvalue weighted by Gasteiger charge is -2.11. The maximum Gasteiger partial charge on any atom is 0.104 e. The monoisotopic (exact) mass is 314 g/mol. The molecule has 2 aliphatic heterocycles. The fraction of sp³-hybridized carbons (Fsp3) is 1.00. The molecule has 0 N–H and O–H groups in total. The van der Waals surface area contributed by atoms with Gasteiger partial charge in [-0.05, 0) is 18.8 Å². The summed E-state index contributed by atoms with van der Waals surface area (Å²) in [4.78, 5) is 0. The molecule has 130 valence electrons. The Bertz CT molecular complexity index is 238. The molecule has 0 amide bonds. The molecule has 2 fully saturated rings. The highest BCUT2D eigenvalue weighted by Gasteiger charge is 2.22. The Morgan fingerprint density at radius 2 is 1.23 bits per heavy atom. The van der Waals surface area contributed by atoms with Crippen molar-refractivity contribution in [3.63, 3.8) is 0 Å². The molecule has 2 saturated heterocycles. The third kappa shape index (κ3) is 10.5. The molecule has 0 bridgehead atoms.